The first kappa shape index (κ1) is 18.1. The van der Waals surface area contributed by atoms with Crippen LogP contribution in [-0.4, -0.2) is 28.6 Å². The molecule has 0 unspecified atom stereocenters. The molecule has 0 fully saturated rings. The fourth-order valence-corrected chi connectivity index (χ4v) is 2.05. The summed E-state index contributed by atoms with van der Waals surface area (Å²) in [5, 5.41) is 24.6. The van der Waals surface area contributed by atoms with Crippen molar-refractivity contribution in [1.82, 2.24) is 5.43 Å². The standard InChI is InChI=1S/C13H9BrN4O7/c14-10-5-8(17(20)21)1-3-11(10)24-7-12(19)16-15-6-9-2-4-13(25-9)18(22)23/h1-6H,7H2,(H,16,19)/b15-6+. The van der Waals surface area contributed by atoms with Crippen LogP contribution in [0.4, 0.5) is 11.6 Å². The smallest absolute Gasteiger partial charge is 0.433 e. The van der Waals surface area contributed by atoms with Crippen molar-refractivity contribution in [3.05, 3.63) is 60.8 Å². The predicted octanol–water partition coefficient (Wildman–Crippen LogP) is 2.39. The molecule has 0 atom stereocenters. The summed E-state index contributed by atoms with van der Waals surface area (Å²) in [6.07, 6.45) is 1.09. The third-order valence-electron chi connectivity index (χ3n) is 2.66. The van der Waals surface area contributed by atoms with Crippen LogP contribution < -0.4 is 10.2 Å². The van der Waals surface area contributed by atoms with Crippen molar-refractivity contribution in [2.45, 2.75) is 0 Å². The van der Waals surface area contributed by atoms with Gasteiger partial charge in [-0.25, -0.2) is 5.43 Å². The first-order valence-corrected chi connectivity index (χ1v) is 7.29. The van der Waals surface area contributed by atoms with E-state index in [-0.39, 0.29) is 17.2 Å². The lowest BCUT2D eigenvalue weighted by Crippen LogP contribution is -2.24. The van der Waals surface area contributed by atoms with Gasteiger partial charge in [0.25, 0.3) is 11.6 Å². The Bertz CT molecular complexity index is 849. The van der Waals surface area contributed by atoms with Crippen LogP contribution in [0.25, 0.3) is 0 Å². The summed E-state index contributed by atoms with van der Waals surface area (Å²) >= 11 is 3.10. The van der Waals surface area contributed by atoms with Gasteiger partial charge in [-0.3, -0.25) is 25.0 Å². The highest BCUT2D eigenvalue weighted by atomic mass is 79.9. The van der Waals surface area contributed by atoms with Gasteiger partial charge in [-0.1, -0.05) is 0 Å². The zero-order valence-corrected chi connectivity index (χ0v) is 13.8. The predicted molar refractivity (Wildman–Crippen MR) is 87.4 cm³/mol. The van der Waals surface area contributed by atoms with E-state index in [2.05, 4.69) is 26.5 Å². The van der Waals surface area contributed by atoms with E-state index in [9.17, 15) is 25.0 Å². The van der Waals surface area contributed by atoms with Crippen molar-refractivity contribution in [2.75, 3.05) is 6.61 Å². The molecule has 2 aromatic rings. The lowest BCUT2D eigenvalue weighted by Gasteiger charge is -2.06. The molecular weight excluding hydrogens is 404 g/mol. The third kappa shape index (κ3) is 5.10. The van der Waals surface area contributed by atoms with Crippen LogP contribution in [0.5, 0.6) is 5.75 Å². The van der Waals surface area contributed by atoms with Gasteiger partial charge >= 0.3 is 5.88 Å². The summed E-state index contributed by atoms with van der Waals surface area (Å²) in [5.41, 5.74) is 2.02. The highest BCUT2D eigenvalue weighted by Crippen LogP contribution is 2.28. The van der Waals surface area contributed by atoms with Crippen LogP contribution in [0.2, 0.25) is 0 Å². The van der Waals surface area contributed by atoms with Gasteiger partial charge in [0.1, 0.15) is 10.7 Å². The molecule has 0 bridgehead atoms. The molecule has 1 N–H and O–H groups in total. The maximum atomic E-state index is 11.6. The second-order valence-electron chi connectivity index (χ2n) is 4.39. The summed E-state index contributed by atoms with van der Waals surface area (Å²) in [6.45, 7) is -0.397. The Balaban J connectivity index is 1.85. The number of non-ortho nitro benzene ring substituents is 1. The van der Waals surface area contributed by atoms with Crippen molar-refractivity contribution in [2.24, 2.45) is 5.10 Å². The van der Waals surface area contributed by atoms with Gasteiger partial charge in [-0.2, -0.15) is 5.10 Å². The number of benzene rings is 1. The number of amides is 1. The molecule has 1 aromatic carbocycles. The minimum absolute atomic E-state index is 0.0889. The normalized spacial score (nSPS) is 10.6. The van der Waals surface area contributed by atoms with Crippen LogP contribution in [-0.2, 0) is 4.79 Å². The van der Waals surface area contributed by atoms with E-state index >= 15 is 0 Å². The molecule has 25 heavy (non-hydrogen) atoms. The molecule has 0 saturated heterocycles. The topological polar surface area (TPSA) is 150 Å². The van der Waals surface area contributed by atoms with Crippen molar-refractivity contribution < 1.29 is 23.8 Å². The first-order valence-electron chi connectivity index (χ1n) is 6.49. The number of hydrogen-bond acceptors (Lipinski definition) is 8. The first-order chi connectivity index (χ1) is 11.9. The molecule has 130 valence electrons. The summed E-state index contributed by atoms with van der Waals surface area (Å²) in [7, 11) is 0. The second kappa shape index (κ2) is 8.01. The number of carbonyl (C=O) groups is 1. The van der Waals surface area contributed by atoms with E-state index in [1.165, 1.54) is 24.3 Å². The van der Waals surface area contributed by atoms with Gasteiger partial charge in [0.2, 0.25) is 0 Å². The number of carbonyl (C=O) groups excluding carboxylic acids is 1. The Kier molecular flexibility index (Phi) is 5.79. The van der Waals surface area contributed by atoms with E-state index in [1.807, 2.05) is 0 Å². The van der Waals surface area contributed by atoms with E-state index in [0.29, 0.717) is 4.47 Å². The Morgan fingerprint density at radius 2 is 2.04 bits per heavy atom. The highest BCUT2D eigenvalue weighted by molar-refractivity contribution is 9.10. The number of nitro groups is 2. The lowest BCUT2D eigenvalue weighted by atomic mass is 10.3. The molecule has 1 heterocycles. The third-order valence-corrected chi connectivity index (χ3v) is 3.28. The number of hydrogen-bond donors (Lipinski definition) is 1. The molecule has 0 saturated carbocycles. The van der Waals surface area contributed by atoms with Crippen LogP contribution in [0.15, 0.2) is 44.3 Å². The van der Waals surface area contributed by atoms with E-state index in [0.717, 1.165) is 12.3 Å². The highest BCUT2D eigenvalue weighted by Gasteiger charge is 2.12. The fraction of sp³-hybridized carbons (Fsp3) is 0.0769. The van der Waals surface area contributed by atoms with Gasteiger partial charge in [0, 0.05) is 12.1 Å². The van der Waals surface area contributed by atoms with Gasteiger partial charge < -0.3 is 9.15 Å². The Hall–Kier alpha value is -3.28. The molecule has 0 spiro atoms. The van der Waals surface area contributed by atoms with Crippen LogP contribution >= 0.6 is 15.9 Å². The molecular formula is C13H9BrN4O7. The largest absolute Gasteiger partial charge is 0.483 e. The molecule has 0 radical (unpaired) electrons. The number of furan rings is 1. The van der Waals surface area contributed by atoms with Gasteiger partial charge in [0.05, 0.1) is 21.7 Å². The zero-order valence-electron chi connectivity index (χ0n) is 12.2. The van der Waals surface area contributed by atoms with Crippen molar-refractivity contribution in [1.29, 1.82) is 0 Å². The summed E-state index contributed by atoms with van der Waals surface area (Å²) in [4.78, 5) is 31.4. The van der Waals surface area contributed by atoms with Gasteiger partial charge in [0.15, 0.2) is 12.4 Å². The average molecular weight is 413 g/mol. The Morgan fingerprint density at radius 1 is 1.28 bits per heavy atom. The number of rotatable bonds is 7. The van der Waals surface area contributed by atoms with Crippen LogP contribution in [0, 0.1) is 20.2 Å². The van der Waals surface area contributed by atoms with Crippen molar-refractivity contribution in [3.8, 4) is 5.75 Å². The average Bonchev–Trinajstić information content (AvgIpc) is 3.02. The number of halogens is 1. The zero-order chi connectivity index (χ0) is 18.4. The molecule has 11 nitrogen and oxygen atoms in total. The quantitative estimate of drug-likeness (QED) is 0.416. The summed E-state index contributed by atoms with van der Waals surface area (Å²) in [5.74, 6) is -0.723. The SMILES string of the molecule is O=C(COc1ccc([N+](=O)[O-])cc1Br)N/N=C/c1ccc([N+](=O)[O-])o1. The van der Waals surface area contributed by atoms with Gasteiger partial charge in [-0.05, 0) is 28.1 Å². The lowest BCUT2D eigenvalue weighted by molar-refractivity contribution is -0.402. The molecule has 2 rings (SSSR count). The van der Waals surface area contributed by atoms with Crippen molar-refractivity contribution >= 4 is 39.6 Å². The molecule has 0 aliphatic heterocycles. The molecule has 1 aromatic heterocycles. The van der Waals surface area contributed by atoms with E-state index in [1.54, 1.807) is 0 Å². The number of nitro benzene ring substituents is 1. The maximum absolute atomic E-state index is 11.6. The van der Waals surface area contributed by atoms with Gasteiger partial charge in [-0.15, -0.1) is 0 Å². The maximum Gasteiger partial charge on any atom is 0.433 e. The fourth-order valence-electron chi connectivity index (χ4n) is 1.57. The van der Waals surface area contributed by atoms with Crippen LogP contribution in [0.3, 0.4) is 0 Å². The number of hydrazone groups is 1. The summed E-state index contributed by atoms with van der Waals surface area (Å²) in [6, 6.07) is 6.30. The minimum Gasteiger partial charge on any atom is -0.483 e. The second-order valence-corrected chi connectivity index (χ2v) is 5.24. The minimum atomic E-state index is -0.703. The number of nitrogens with zero attached hydrogens (tertiary/aromatic N) is 3. The molecule has 0 aliphatic rings. The van der Waals surface area contributed by atoms with E-state index in [4.69, 9.17) is 9.15 Å². The van der Waals surface area contributed by atoms with E-state index < -0.39 is 28.2 Å². The monoisotopic (exact) mass is 412 g/mol. The molecule has 12 heteroatoms. The summed E-state index contributed by atoms with van der Waals surface area (Å²) < 4.78 is 10.3. The molecule has 1 amide bonds. The Labute approximate surface area is 147 Å². The van der Waals surface area contributed by atoms with Crippen LogP contribution in [0.1, 0.15) is 5.76 Å². The number of ether oxygens (including phenoxy) is 1. The Morgan fingerprint density at radius 3 is 2.64 bits per heavy atom. The van der Waals surface area contributed by atoms with Crippen molar-refractivity contribution in [3.63, 3.8) is 0 Å². The number of nitrogens with one attached hydrogen (secondary N) is 1. The molecule has 0 aliphatic carbocycles.